The number of aliphatic hydroxyl groups is 2. The van der Waals surface area contributed by atoms with Crippen molar-refractivity contribution in [2.24, 2.45) is 0 Å². The van der Waals surface area contributed by atoms with E-state index in [-0.39, 0.29) is 13.0 Å². The molecule has 31 heavy (non-hydrogen) atoms. The summed E-state index contributed by atoms with van der Waals surface area (Å²) in [6.07, 6.45) is -0.693. The Hall–Kier alpha value is -2.45. The lowest BCUT2D eigenvalue weighted by Crippen LogP contribution is -2.42. The second kappa shape index (κ2) is 10.2. The van der Waals surface area contributed by atoms with Crippen molar-refractivity contribution in [2.75, 3.05) is 31.0 Å². The van der Waals surface area contributed by atoms with Crippen LogP contribution in [0.1, 0.15) is 12.6 Å². The van der Waals surface area contributed by atoms with Crippen LogP contribution >= 0.6 is 11.8 Å². The van der Waals surface area contributed by atoms with Gasteiger partial charge < -0.3 is 40.4 Å². The first kappa shape index (κ1) is 23.2. The molecule has 3 rings (SSSR count). The number of aromatic nitrogens is 3. The Morgan fingerprint density at radius 2 is 2.16 bits per heavy atom. The first-order valence-electron chi connectivity index (χ1n) is 9.51. The summed E-state index contributed by atoms with van der Waals surface area (Å²) in [4.78, 5) is 30.9. The molecule has 1 aliphatic rings. The highest BCUT2D eigenvalue weighted by atomic mass is 32.2. The zero-order valence-corrected chi connectivity index (χ0v) is 17.6. The lowest BCUT2D eigenvalue weighted by atomic mass is 10.1. The van der Waals surface area contributed by atoms with E-state index in [1.165, 1.54) is 25.2 Å². The van der Waals surface area contributed by atoms with Crippen LogP contribution in [0.3, 0.4) is 0 Å². The molecule has 1 aliphatic heterocycles. The summed E-state index contributed by atoms with van der Waals surface area (Å²) in [6.45, 7) is -0.219. The van der Waals surface area contributed by atoms with E-state index >= 15 is 0 Å². The maximum Gasteiger partial charge on any atom is 0.326 e. The molecule has 3 heterocycles. The second-order valence-electron chi connectivity index (χ2n) is 7.02. The van der Waals surface area contributed by atoms with Crippen molar-refractivity contribution in [1.29, 1.82) is 0 Å². The number of nitrogens with one attached hydrogen (secondary N) is 1. The number of carboxylic acid groups (broad SMARTS) is 1. The van der Waals surface area contributed by atoms with Crippen LogP contribution in [0.2, 0.25) is 0 Å². The zero-order valence-electron chi connectivity index (χ0n) is 16.7. The van der Waals surface area contributed by atoms with Gasteiger partial charge in [-0.3, -0.25) is 4.79 Å². The van der Waals surface area contributed by atoms with E-state index < -0.39 is 42.5 Å². The largest absolute Gasteiger partial charge is 0.480 e. The molecule has 1 fully saturated rings. The first-order chi connectivity index (χ1) is 14.8. The molecule has 5 atom stereocenters. The summed E-state index contributed by atoms with van der Waals surface area (Å²) >= 11 is 1.35. The molecule has 2 aromatic rings. The molecule has 0 aromatic carbocycles. The minimum atomic E-state index is -1.18. The number of carbonyl (C=O) groups is 2. The maximum atomic E-state index is 11.5. The highest BCUT2D eigenvalue weighted by molar-refractivity contribution is 7.99. The molecule has 1 amide bonds. The third-order valence-corrected chi connectivity index (χ3v) is 5.98. The Labute approximate surface area is 181 Å². The van der Waals surface area contributed by atoms with Crippen molar-refractivity contribution in [3.8, 4) is 0 Å². The van der Waals surface area contributed by atoms with Crippen LogP contribution in [0.25, 0.3) is 11.0 Å². The number of aliphatic carboxylic acids is 1. The molecule has 2 aromatic heterocycles. The van der Waals surface area contributed by atoms with Crippen LogP contribution in [-0.2, 0) is 19.1 Å². The number of aliphatic hydroxyl groups excluding tert-OH is 2. The van der Waals surface area contributed by atoms with E-state index in [1.54, 1.807) is 16.8 Å². The fourth-order valence-electron chi connectivity index (χ4n) is 3.32. The van der Waals surface area contributed by atoms with Crippen molar-refractivity contribution in [2.45, 2.75) is 37.0 Å². The highest BCUT2D eigenvalue weighted by Crippen LogP contribution is 2.34. The molecular weight excluding hydrogens is 430 g/mol. The van der Waals surface area contributed by atoms with Crippen LogP contribution in [-0.4, -0.2) is 91.3 Å². The van der Waals surface area contributed by atoms with Crippen LogP contribution in [0, 0.1) is 0 Å². The molecule has 0 bridgehead atoms. The van der Waals surface area contributed by atoms with Crippen LogP contribution < -0.4 is 11.1 Å². The Morgan fingerprint density at radius 3 is 2.87 bits per heavy atom. The number of methoxy groups -OCH3 is 1. The number of carboxylic acids is 1. The van der Waals surface area contributed by atoms with Gasteiger partial charge in [0.2, 0.25) is 5.91 Å². The SMILES string of the molecule is COCC(=O)NC(CCSC[C@H]1O[C@@H](n2ccc3c(N)ncnc32)[C@H](O)[C@@H]1O)C(=O)O. The number of rotatable bonds is 10. The maximum absolute atomic E-state index is 11.5. The van der Waals surface area contributed by atoms with Gasteiger partial charge in [-0.25, -0.2) is 14.8 Å². The van der Waals surface area contributed by atoms with Crippen molar-refractivity contribution in [3.05, 3.63) is 18.6 Å². The molecule has 1 unspecified atom stereocenters. The van der Waals surface area contributed by atoms with Gasteiger partial charge >= 0.3 is 5.97 Å². The van der Waals surface area contributed by atoms with Gasteiger partial charge in [-0.15, -0.1) is 0 Å². The van der Waals surface area contributed by atoms with Gasteiger partial charge in [0.1, 0.15) is 42.6 Å². The second-order valence-corrected chi connectivity index (χ2v) is 8.17. The Kier molecular flexibility index (Phi) is 7.67. The Bertz CT molecular complexity index is 926. The van der Waals surface area contributed by atoms with Crippen molar-refractivity contribution in [3.63, 3.8) is 0 Å². The molecule has 170 valence electrons. The number of carbonyl (C=O) groups excluding carboxylic acids is 1. The van der Waals surface area contributed by atoms with Crippen molar-refractivity contribution >= 4 is 40.5 Å². The number of fused-ring (bicyclic) bond motifs is 1. The van der Waals surface area contributed by atoms with Crippen LogP contribution in [0.4, 0.5) is 5.82 Å². The zero-order chi connectivity index (χ0) is 22.5. The number of nitrogens with two attached hydrogens (primary N) is 1. The van der Waals surface area contributed by atoms with Gasteiger partial charge in [0.15, 0.2) is 6.23 Å². The van der Waals surface area contributed by atoms with Gasteiger partial charge in [-0.1, -0.05) is 0 Å². The lowest BCUT2D eigenvalue weighted by Gasteiger charge is -2.17. The number of ether oxygens (including phenoxy) is 2. The summed E-state index contributed by atoms with van der Waals surface area (Å²) in [7, 11) is 1.35. The smallest absolute Gasteiger partial charge is 0.326 e. The summed E-state index contributed by atoms with van der Waals surface area (Å²) in [5.74, 6) is -0.631. The third-order valence-electron chi connectivity index (χ3n) is 4.89. The molecule has 0 saturated carbocycles. The number of anilines is 1. The molecular formula is C18H25N5O7S. The molecule has 1 saturated heterocycles. The quantitative estimate of drug-likeness (QED) is 0.276. The monoisotopic (exact) mass is 455 g/mol. The number of hydrogen-bond donors (Lipinski definition) is 5. The van der Waals surface area contributed by atoms with Gasteiger partial charge in [-0.05, 0) is 18.2 Å². The van der Waals surface area contributed by atoms with E-state index in [4.69, 9.17) is 10.5 Å². The molecule has 12 nitrogen and oxygen atoms in total. The topological polar surface area (TPSA) is 182 Å². The lowest BCUT2D eigenvalue weighted by molar-refractivity contribution is -0.142. The highest BCUT2D eigenvalue weighted by Gasteiger charge is 2.43. The summed E-state index contributed by atoms with van der Waals surface area (Å²) < 4.78 is 12.1. The molecule has 6 N–H and O–H groups in total. The summed E-state index contributed by atoms with van der Waals surface area (Å²) in [6, 6.07) is 0.665. The fraction of sp³-hybridized carbons (Fsp3) is 0.556. The van der Waals surface area contributed by atoms with E-state index in [1.807, 2.05) is 0 Å². The average molecular weight is 455 g/mol. The van der Waals surface area contributed by atoms with Gasteiger partial charge in [0.25, 0.3) is 0 Å². The van der Waals surface area contributed by atoms with Gasteiger partial charge in [0.05, 0.1) is 11.5 Å². The Balaban J connectivity index is 1.55. The minimum absolute atomic E-state index is 0.183. The molecule has 13 heteroatoms. The van der Waals surface area contributed by atoms with E-state index in [0.29, 0.717) is 28.4 Å². The van der Waals surface area contributed by atoms with E-state index in [2.05, 4.69) is 20.0 Å². The van der Waals surface area contributed by atoms with Crippen LogP contribution in [0.5, 0.6) is 0 Å². The van der Waals surface area contributed by atoms with Gasteiger partial charge in [-0.2, -0.15) is 11.8 Å². The minimum Gasteiger partial charge on any atom is -0.480 e. The van der Waals surface area contributed by atoms with Crippen molar-refractivity contribution < 1.29 is 34.4 Å². The molecule has 0 radical (unpaired) electrons. The predicted octanol–water partition coefficient (Wildman–Crippen LogP) is -1.03. The van der Waals surface area contributed by atoms with E-state index in [9.17, 15) is 24.9 Å². The van der Waals surface area contributed by atoms with Crippen LogP contribution in [0.15, 0.2) is 18.6 Å². The first-order valence-corrected chi connectivity index (χ1v) is 10.7. The third kappa shape index (κ3) is 5.25. The number of nitrogen functional groups attached to an aromatic ring is 1. The Morgan fingerprint density at radius 1 is 1.39 bits per heavy atom. The van der Waals surface area contributed by atoms with E-state index in [0.717, 1.165) is 0 Å². The molecule has 0 spiro atoms. The predicted molar refractivity (Wildman–Crippen MR) is 111 cm³/mol. The summed E-state index contributed by atoms with van der Waals surface area (Å²) in [5.41, 5.74) is 6.32. The van der Waals surface area contributed by atoms with Gasteiger partial charge in [0, 0.05) is 19.1 Å². The number of thioether (sulfide) groups is 1. The standard InChI is InChI=1S/C18H25N5O7S/c1-29-6-12(24)22-10(18(27)28)3-5-31-7-11-13(25)14(26)17(30-11)23-4-2-9-15(19)20-8-21-16(9)23/h2,4,8,10-11,13-14,17,25-26H,3,5-7H2,1H3,(H,22,24)(H,27,28)(H2,19,20,21)/t10?,11-,13-,14-,17-/m1/s1. The van der Waals surface area contributed by atoms with Crippen molar-refractivity contribution in [1.82, 2.24) is 19.9 Å². The average Bonchev–Trinajstić information content (AvgIpc) is 3.27. The number of hydrogen-bond acceptors (Lipinski definition) is 10. The normalized spacial score (nSPS) is 24.4. The summed E-state index contributed by atoms with van der Waals surface area (Å²) in [5, 5.41) is 33.1. The molecule has 0 aliphatic carbocycles. The number of nitrogens with zero attached hydrogens (tertiary/aromatic N) is 3. The fourth-order valence-corrected chi connectivity index (χ4v) is 4.39. The number of amides is 1.